The van der Waals surface area contributed by atoms with Gasteiger partial charge in [0.1, 0.15) is 0 Å². The summed E-state index contributed by atoms with van der Waals surface area (Å²) in [6.07, 6.45) is 0. The molecule has 5 aromatic carbocycles. The summed E-state index contributed by atoms with van der Waals surface area (Å²) < 4.78 is 20.0. The van der Waals surface area contributed by atoms with Crippen molar-refractivity contribution in [3.63, 3.8) is 0 Å². The predicted molar refractivity (Wildman–Crippen MR) is 237 cm³/mol. The number of benzene rings is 5. The third-order valence-corrected chi connectivity index (χ3v) is 18.4. The number of hydrogen-bond donors (Lipinski definition) is 0. The number of rotatable bonds is 9. The predicted octanol–water partition coefficient (Wildman–Crippen LogP) is 12.9. The second-order valence-corrected chi connectivity index (χ2v) is 26.3. The molecular weight excluding hydrogens is 849 g/mol. The van der Waals surface area contributed by atoms with Crippen LogP contribution in [0.25, 0.3) is 0 Å². The van der Waals surface area contributed by atoms with Crippen LogP contribution in [0.4, 0.5) is 0 Å². The summed E-state index contributed by atoms with van der Waals surface area (Å²) in [7, 11) is -0.518. The Balaban J connectivity index is 1.62. The van der Waals surface area contributed by atoms with Crippen molar-refractivity contribution in [2.24, 2.45) is 0 Å². The van der Waals surface area contributed by atoms with Crippen LogP contribution in [-0.2, 0) is 27.6 Å². The van der Waals surface area contributed by atoms with E-state index in [1.54, 1.807) is 0 Å². The van der Waals surface area contributed by atoms with Gasteiger partial charge in [0, 0.05) is 0 Å². The molecule has 5 rings (SSSR count). The fraction of sp³-hybridized carbons (Fsp3) is 0.348. The average Bonchev–Trinajstić information content (AvgIpc) is 3.08. The van der Waals surface area contributed by atoms with E-state index in [1.807, 2.05) is 0 Å². The van der Waals surface area contributed by atoms with Crippen molar-refractivity contribution in [3.05, 3.63) is 164 Å². The zero-order valence-electron chi connectivity index (χ0n) is 32.8. The molecular formula is C46H57BI2O2. The standard InChI is InChI=1S/C46H57BI2O2/c1-43(2,3)34-18-26-39(27-19-34)48(40-28-20-35(21-29-40)44(4,5)6)50-47(38-16-14-13-15-17-38)51-49(41-30-22-36(23-31-41)45(7,8)9)42-32-24-37(25-33-42)46(10,11)12/h13-33H,1-12H3. The summed E-state index contributed by atoms with van der Waals surface area (Å²) in [6.45, 7) is 27.2. The van der Waals surface area contributed by atoms with Gasteiger partial charge in [-0.05, 0) is 0 Å². The molecule has 0 fully saturated rings. The molecule has 0 amide bonds. The van der Waals surface area contributed by atoms with E-state index >= 15 is 0 Å². The first-order valence-corrected chi connectivity index (χ1v) is 24.1. The number of halogens is 2. The van der Waals surface area contributed by atoms with Crippen LogP contribution in [0, 0.1) is 14.3 Å². The van der Waals surface area contributed by atoms with Crippen LogP contribution in [0.1, 0.15) is 105 Å². The minimum atomic E-state index is -2.48. The first kappa shape index (κ1) is 39.7. The molecule has 0 N–H and O–H groups in total. The molecule has 270 valence electrons. The Labute approximate surface area is 325 Å². The van der Waals surface area contributed by atoms with E-state index in [-0.39, 0.29) is 21.7 Å². The van der Waals surface area contributed by atoms with Gasteiger partial charge in [0.05, 0.1) is 0 Å². The van der Waals surface area contributed by atoms with Crippen LogP contribution in [0.2, 0.25) is 0 Å². The molecule has 0 aromatic heterocycles. The first-order chi connectivity index (χ1) is 23.8. The van der Waals surface area contributed by atoms with Crippen molar-refractivity contribution >= 4 is 53.0 Å². The third-order valence-electron chi connectivity index (χ3n) is 9.05. The topological polar surface area (TPSA) is 18.5 Å². The average molecular weight is 907 g/mol. The van der Waals surface area contributed by atoms with Crippen molar-refractivity contribution in [2.75, 3.05) is 0 Å². The summed E-state index contributed by atoms with van der Waals surface area (Å²) in [6, 6.07) is 47.3. The Kier molecular flexibility index (Phi) is 12.4. The molecule has 0 saturated carbocycles. The minimum absolute atomic E-state index is 0.0765. The van der Waals surface area contributed by atoms with E-state index in [0.29, 0.717) is 0 Å². The van der Waals surface area contributed by atoms with Crippen LogP contribution < -0.4 is 5.46 Å². The fourth-order valence-corrected chi connectivity index (χ4v) is 14.4. The molecule has 0 radical (unpaired) electrons. The zero-order chi connectivity index (χ0) is 37.2. The van der Waals surface area contributed by atoms with Gasteiger partial charge in [0.2, 0.25) is 0 Å². The summed E-state index contributed by atoms with van der Waals surface area (Å²) >= 11 is -4.96. The molecule has 0 atom stereocenters. The monoisotopic (exact) mass is 906 g/mol. The van der Waals surface area contributed by atoms with E-state index < -0.39 is 47.6 Å². The molecule has 0 aliphatic rings. The second kappa shape index (κ2) is 15.9. The first-order valence-electron chi connectivity index (χ1n) is 18.0. The van der Waals surface area contributed by atoms with Crippen molar-refractivity contribution in [1.82, 2.24) is 0 Å². The molecule has 51 heavy (non-hydrogen) atoms. The van der Waals surface area contributed by atoms with Gasteiger partial charge in [0.15, 0.2) is 0 Å². The van der Waals surface area contributed by atoms with E-state index in [4.69, 9.17) is 5.97 Å². The van der Waals surface area contributed by atoms with Gasteiger partial charge in [-0.2, -0.15) is 0 Å². The Morgan fingerprint density at radius 3 is 0.784 bits per heavy atom. The summed E-state index contributed by atoms with van der Waals surface area (Å²) in [5.74, 6) is 0. The van der Waals surface area contributed by atoms with Crippen LogP contribution in [0.5, 0.6) is 0 Å². The molecule has 0 aliphatic carbocycles. The van der Waals surface area contributed by atoms with Crippen molar-refractivity contribution < 1.29 is 5.97 Å². The Morgan fingerprint density at radius 1 is 0.333 bits per heavy atom. The van der Waals surface area contributed by atoms with Crippen LogP contribution in [0.15, 0.2) is 127 Å². The van der Waals surface area contributed by atoms with Crippen LogP contribution in [-0.4, -0.2) is 7.12 Å². The molecule has 5 aromatic rings. The van der Waals surface area contributed by atoms with Crippen LogP contribution in [0.3, 0.4) is 0 Å². The molecule has 5 heteroatoms. The SMILES string of the molecule is CC(C)(C)c1ccc(I(OB(OI(c2ccc(C(C)(C)C)cc2)c2ccc(C(C)(C)C)cc2)c2ccccc2)c2ccc(C(C)(C)C)cc2)cc1. The maximum atomic E-state index is 7.46. The van der Waals surface area contributed by atoms with Gasteiger partial charge in [-0.25, -0.2) is 0 Å². The van der Waals surface area contributed by atoms with Crippen molar-refractivity contribution in [3.8, 4) is 0 Å². The van der Waals surface area contributed by atoms with Crippen molar-refractivity contribution in [1.29, 1.82) is 0 Å². The Bertz CT molecular complexity index is 1600. The van der Waals surface area contributed by atoms with Crippen molar-refractivity contribution in [2.45, 2.75) is 105 Å². The van der Waals surface area contributed by atoms with E-state index in [2.05, 4.69) is 210 Å². The molecule has 0 bridgehead atoms. The van der Waals surface area contributed by atoms with Gasteiger partial charge in [-0.15, -0.1) is 0 Å². The van der Waals surface area contributed by atoms with Gasteiger partial charge in [-0.3, -0.25) is 0 Å². The molecule has 0 heterocycles. The second-order valence-electron chi connectivity index (χ2n) is 17.4. The summed E-state index contributed by atoms with van der Waals surface area (Å²) in [5.41, 5.74) is 6.66. The van der Waals surface area contributed by atoms with Gasteiger partial charge in [0.25, 0.3) is 0 Å². The van der Waals surface area contributed by atoms with E-state index in [9.17, 15) is 0 Å². The summed E-state index contributed by atoms with van der Waals surface area (Å²) in [5, 5.41) is 0. The molecule has 0 aliphatic heterocycles. The molecule has 0 saturated heterocycles. The Morgan fingerprint density at radius 2 is 0.569 bits per heavy atom. The Hall–Kier alpha value is -2.46. The number of hydrogen-bond acceptors (Lipinski definition) is 2. The fourth-order valence-electron chi connectivity index (χ4n) is 5.60. The van der Waals surface area contributed by atoms with Gasteiger partial charge >= 0.3 is 328 Å². The van der Waals surface area contributed by atoms with E-state index in [0.717, 1.165) is 5.46 Å². The quantitative estimate of drug-likeness (QED) is 0.108. The van der Waals surface area contributed by atoms with Crippen LogP contribution >= 0.6 is 40.5 Å². The third kappa shape index (κ3) is 10.4. The van der Waals surface area contributed by atoms with Gasteiger partial charge < -0.3 is 0 Å². The molecule has 0 spiro atoms. The molecule has 2 nitrogen and oxygen atoms in total. The summed E-state index contributed by atoms with van der Waals surface area (Å²) in [4.78, 5) is 0. The van der Waals surface area contributed by atoms with Gasteiger partial charge in [-0.1, -0.05) is 0 Å². The van der Waals surface area contributed by atoms with E-state index in [1.165, 1.54) is 36.5 Å². The zero-order valence-corrected chi connectivity index (χ0v) is 37.1. The maximum absolute atomic E-state index is 7.46. The molecule has 0 unspecified atom stereocenters. The normalized spacial score (nSPS) is 13.2.